The number of rotatable bonds is 3. The van der Waals surface area contributed by atoms with Crippen LogP contribution in [0.2, 0.25) is 0 Å². The van der Waals surface area contributed by atoms with Crippen LogP contribution in [0.1, 0.15) is 37.4 Å². The number of aryl methyl sites for hydroxylation is 1. The number of hydrogen-bond donors (Lipinski definition) is 1. The summed E-state index contributed by atoms with van der Waals surface area (Å²) < 4.78 is 3.14. The van der Waals surface area contributed by atoms with E-state index in [0.29, 0.717) is 17.0 Å². The van der Waals surface area contributed by atoms with Crippen molar-refractivity contribution in [2.75, 3.05) is 5.32 Å². The predicted molar refractivity (Wildman–Crippen MR) is 103 cm³/mol. The third-order valence-corrected chi connectivity index (χ3v) is 5.19. The van der Waals surface area contributed by atoms with Crippen molar-refractivity contribution in [3.8, 4) is 0 Å². The van der Waals surface area contributed by atoms with Crippen LogP contribution in [0, 0.1) is 6.92 Å². The van der Waals surface area contributed by atoms with Crippen LogP contribution in [0.5, 0.6) is 0 Å². The van der Waals surface area contributed by atoms with Crippen molar-refractivity contribution in [3.05, 3.63) is 56.9 Å². The summed E-state index contributed by atoms with van der Waals surface area (Å²) in [6.45, 7) is 1.89. The molecule has 1 N–H and O–H groups in total. The van der Waals surface area contributed by atoms with Gasteiger partial charge in [0.05, 0.1) is 17.1 Å². The molecule has 8 nitrogen and oxygen atoms in total. The van der Waals surface area contributed by atoms with Crippen molar-refractivity contribution in [2.45, 2.75) is 44.7 Å². The molecule has 1 aliphatic carbocycles. The Kier molecular flexibility index (Phi) is 4.47. The van der Waals surface area contributed by atoms with E-state index in [-0.39, 0.29) is 23.2 Å². The Balaban J connectivity index is 1.51. The summed E-state index contributed by atoms with van der Waals surface area (Å²) in [5.74, 6) is 0.528. The number of pyridine rings is 1. The molecule has 0 saturated heterocycles. The second-order valence-electron chi connectivity index (χ2n) is 7.08. The van der Waals surface area contributed by atoms with Gasteiger partial charge >= 0.3 is 0 Å². The van der Waals surface area contributed by atoms with Gasteiger partial charge in [-0.05, 0) is 50.8 Å². The Morgan fingerprint density at radius 3 is 2.67 bits per heavy atom. The average molecular weight is 366 g/mol. The first-order chi connectivity index (χ1) is 13.0. The molecule has 0 amide bonds. The first kappa shape index (κ1) is 17.4. The summed E-state index contributed by atoms with van der Waals surface area (Å²) >= 11 is 0. The number of anilines is 1. The lowest BCUT2D eigenvalue weighted by atomic mass is 9.91. The monoisotopic (exact) mass is 366 g/mol. The number of nitrogens with zero attached hydrogens (tertiary/aromatic N) is 5. The van der Waals surface area contributed by atoms with Crippen molar-refractivity contribution < 1.29 is 0 Å². The second kappa shape index (κ2) is 6.94. The molecule has 1 fully saturated rings. The highest BCUT2D eigenvalue weighted by Gasteiger charge is 2.24. The molecule has 0 radical (unpaired) electrons. The number of aromatic nitrogens is 5. The van der Waals surface area contributed by atoms with E-state index in [1.807, 2.05) is 6.92 Å². The lowest BCUT2D eigenvalue weighted by molar-refractivity contribution is 0.301. The van der Waals surface area contributed by atoms with Gasteiger partial charge in [-0.3, -0.25) is 14.2 Å². The van der Waals surface area contributed by atoms with Crippen LogP contribution in [0.3, 0.4) is 0 Å². The molecule has 3 heterocycles. The summed E-state index contributed by atoms with van der Waals surface area (Å²) in [7, 11) is 1.71. The average Bonchev–Trinajstić information content (AvgIpc) is 2.68. The fourth-order valence-corrected chi connectivity index (χ4v) is 3.66. The van der Waals surface area contributed by atoms with E-state index in [1.165, 1.54) is 4.57 Å². The molecule has 3 aromatic rings. The lowest BCUT2D eigenvalue weighted by Gasteiger charge is -2.30. The largest absolute Gasteiger partial charge is 0.353 e. The van der Waals surface area contributed by atoms with E-state index in [0.717, 1.165) is 31.4 Å². The number of nitrogens with one attached hydrogen (secondary N) is 1. The normalized spacial score (nSPS) is 19.9. The van der Waals surface area contributed by atoms with Crippen molar-refractivity contribution in [3.63, 3.8) is 0 Å². The van der Waals surface area contributed by atoms with E-state index in [1.54, 1.807) is 42.2 Å². The van der Waals surface area contributed by atoms with Gasteiger partial charge in [0.2, 0.25) is 5.95 Å². The molecule has 0 spiro atoms. The van der Waals surface area contributed by atoms with Gasteiger partial charge in [-0.1, -0.05) is 0 Å². The molecule has 1 aliphatic rings. The Labute approximate surface area is 155 Å². The van der Waals surface area contributed by atoms with Crippen molar-refractivity contribution in [1.82, 2.24) is 24.3 Å². The number of hydrogen-bond acceptors (Lipinski definition) is 6. The van der Waals surface area contributed by atoms with Crippen LogP contribution in [-0.2, 0) is 7.05 Å². The Hall–Kier alpha value is -3.03. The zero-order valence-corrected chi connectivity index (χ0v) is 15.4. The van der Waals surface area contributed by atoms with E-state index in [9.17, 15) is 9.59 Å². The predicted octanol–water partition coefficient (Wildman–Crippen LogP) is 1.79. The lowest BCUT2D eigenvalue weighted by Crippen LogP contribution is -2.34. The van der Waals surface area contributed by atoms with Crippen LogP contribution >= 0.6 is 0 Å². The fourth-order valence-electron chi connectivity index (χ4n) is 3.66. The quantitative estimate of drug-likeness (QED) is 0.759. The zero-order valence-electron chi connectivity index (χ0n) is 15.4. The summed E-state index contributed by atoms with van der Waals surface area (Å²) in [5, 5.41) is 8.28. The molecular weight excluding hydrogens is 344 g/mol. The summed E-state index contributed by atoms with van der Waals surface area (Å²) in [5.41, 5.74) is 1.13. The minimum absolute atomic E-state index is 0.0540. The molecule has 1 saturated carbocycles. The molecule has 0 aromatic carbocycles. The van der Waals surface area contributed by atoms with Crippen molar-refractivity contribution in [1.29, 1.82) is 0 Å². The maximum atomic E-state index is 12.5. The van der Waals surface area contributed by atoms with Crippen molar-refractivity contribution >= 4 is 17.0 Å². The van der Waals surface area contributed by atoms with Gasteiger partial charge < -0.3 is 5.32 Å². The fraction of sp³-hybridized carbons (Fsp3) is 0.421. The van der Waals surface area contributed by atoms with E-state index in [4.69, 9.17) is 0 Å². The minimum Gasteiger partial charge on any atom is -0.353 e. The molecule has 0 bridgehead atoms. The van der Waals surface area contributed by atoms with E-state index >= 15 is 0 Å². The summed E-state index contributed by atoms with van der Waals surface area (Å²) in [4.78, 5) is 33.3. The SMILES string of the molecule is Cc1ccc(=O)n(C2CCC(Nc3nc4ncccc4c(=O)n3C)CC2)n1. The van der Waals surface area contributed by atoms with Gasteiger partial charge in [-0.2, -0.15) is 10.1 Å². The molecule has 3 aromatic heterocycles. The third kappa shape index (κ3) is 3.34. The smallest absolute Gasteiger partial charge is 0.267 e. The van der Waals surface area contributed by atoms with Gasteiger partial charge in [0.25, 0.3) is 11.1 Å². The van der Waals surface area contributed by atoms with Gasteiger partial charge in [-0.25, -0.2) is 9.67 Å². The first-order valence-corrected chi connectivity index (χ1v) is 9.17. The van der Waals surface area contributed by atoms with Gasteiger partial charge in [0, 0.05) is 25.4 Å². The molecule has 0 unspecified atom stereocenters. The van der Waals surface area contributed by atoms with Crippen LogP contribution in [0.15, 0.2) is 40.1 Å². The van der Waals surface area contributed by atoms with Crippen LogP contribution in [0.25, 0.3) is 11.0 Å². The molecule has 4 rings (SSSR count). The minimum atomic E-state index is -0.111. The molecule has 0 atom stereocenters. The molecule has 140 valence electrons. The third-order valence-electron chi connectivity index (χ3n) is 5.19. The molecule has 0 aliphatic heterocycles. The molecule has 8 heteroatoms. The molecular formula is C19H22N6O2. The van der Waals surface area contributed by atoms with Crippen LogP contribution in [-0.4, -0.2) is 30.4 Å². The van der Waals surface area contributed by atoms with E-state index < -0.39 is 0 Å². The van der Waals surface area contributed by atoms with Gasteiger partial charge in [-0.15, -0.1) is 0 Å². The highest BCUT2D eigenvalue weighted by molar-refractivity contribution is 5.74. The highest BCUT2D eigenvalue weighted by Crippen LogP contribution is 2.28. The first-order valence-electron chi connectivity index (χ1n) is 9.17. The Morgan fingerprint density at radius 1 is 1.11 bits per heavy atom. The second-order valence-corrected chi connectivity index (χ2v) is 7.08. The summed E-state index contributed by atoms with van der Waals surface area (Å²) in [6.07, 6.45) is 5.10. The molecule has 27 heavy (non-hydrogen) atoms. The van der Waals surface area contributed by atoms with Gasteiger partial charge in [0.15, 0.2) is 5.65 Å². The van der Waals surface area contributed by atoms with Crippen molar-refractivity contribution in [2.24, 2.45) is 7.05 Å². The van der Waals surface area contributed by atoms with Crippen LogP contribution < -0.4 is 16.4 Å². The Morgan fingerprint density at radius 2 is 1.89 bits per heavy atom. The standard InChI is InChI=1S/C19H22N6O2/c1-12-5-10-16(26)25(23-12)14-8-6-13(7-9-14)21-19-22-17-15(4-3-11-20-17)18(27)24(19)2/h3-5,10-11,13-14H,6-9H2,1-2H3,(H,20,21,22). The summed E-state index contributed by atoms with van der Waals surface area (Å²) in [6, 6.07) is 7.10. The van der Waals surface area contributed by atoms with Crippen LogP contribution in [0.4, 0.5) is 5.95 Å². The highest BCUT2D eigenvalue weighted by atomic mass is 16.1. The van der Waals surface area contributed by atoms with Gasteiger partial charge in [0.1, 0.15) is 0 Å². The zero-order chi connectivity index (χ0) is 19.0. The maximum absolute atomic E-state index is 12.5. The topological polar surface area (TPSA) is 94.7 Å². The Bertz CT molecular complexity index is 1100. The number of fused-ring (bicyclic) bond motifs is 1. The maximum Gasteiger partial charge on any atom is 0.267 e. The van der Waals surface area contributed by atoms with E-state index in [2.05, 4.69) is 20.4 Å².